The van der Waals surface area contributed by atoms with Crippen LogP contribution in [-0.2, 0) is 13.0 Å². The molecule has 27 heavy (non-hydrogen) atoms. The average molecular weight is 362 g/mol. The van der Waals surface area contributed by atoms with Crippen LogP contribution < -0.4 is 10.6 Å². The van der Waals surface area contributed by atoms with Gasteiger partial charge in [0.1, 0.15) is 12.1 Å². The van der Waals surface area contributed by atoms with E-state index in [0.717, 1.165) is 43.3 Å². The SMILES string of the molecule is CCNC(=NCc1ccnc(-n2ccnc2)c1)NCCCc1ccccc1. The molecule has 0 atom stereocenters. The van der Waals surface area contributed by atoms with Gasteiger partial charge in [-0.15, -0.1) is 0 Å². The molecule has 0 radical (unpaired) electrons. The first kappa shape index (κ1) is 18.6. The van der Waals surface area contributed by atoms with Crippen LogP contribution in [-0.4, -0.2) is 33.6 Å². The topological polar surface area (TPSA) is 67.1 Å². The van der Waals surface area contributed by atoms with Gasteiger partial charge in [0.25, 0.3) is 0 Å². The number of benzene rings is 1. The molecule has 0 spiro atoms. The van der Waals surface area contributed by atoms with E-state index >= 15 is 0 Å². The fraction of sp³-hybridized carbons (Fsp3) is 0.286. The quantitative estimate of drug-likeness (QED) is 0.367. The highest BCUT2D eigenvalue weighted by Gasteiger charge is 2.01. The molecule has 0 aliphatic heterocycles. The van der Waals surface area contributed by atoms with Crippen LogP contribution in [0.2, 0.25) is 0 Å². The lowest BCUT2D eigenvalue weighted by Crippen LogP contribution is -2.37. The Balaban J connectivity index is 1.53. The summed E-state index contributed by atoms with van der Waals surface area (Å²) in [6.07, 6.45) is 9.30. The number of aliphatic imine (C=N–C) groups is 1. The molecule has 0 bridgehead atoms. The molecular formula is C21H26N6. The van der Waals surface area contributed by atoms with Gasteiger partial charge in [0.05, 0.1) is 6.54 Å². The van der Waals surface area contributed by atoms with Crippen molar-refractivity contribution in [1.82, 2.24) is 25.2 Å². The smallest absolute Gasteiger partial charge is 0.191 e. The third-order valence-electron chi connectivity index (χ3n) is 4.12. The number of imidazole rings is 1. The predicted molar refractivity (Wildman–Crippen MR) is 109 cm³/mol. The zero-order valence-corrected chi connectivity index (χ0v) is 15.7. The van der Waals surface area contributed by atoms with Gasteiger partial charge in [0.15, 0.2) is 5.96 Å². The lowest BCUT2D eigenvalue weighted by atomic mass is 10.1. The monoisotopic (exact) mass is 362 g/mol. The maximum Gasteiger partial charge on any atom is 0.191 e. The number of pyridine rings is 1. The Morgan fingerprint density at radius 1 is 1.07 bits per heavy atom. The Hall–Kier alpha value is -3.15. The molecule has 0 saturated carbocycles. The van der Waals surface area contributed by atoms with Crippen LogP contribution in [0.3, 0.4) is 0 Å². The third-order valence-corrected chi connectivity index (χ3v) is 4.12. The van der Waals surface area contributed by atoms with Crippen molar-refractivity contribution in [3.8, 4) is 5.82 Å². The molecule has 0 amide bonds. The van der Waals surface area contributed by atoms with Crippen LogP contribution in [0.5, 0.6) is 0 Å². The first-order chi connectivity index (χ1) is 13.3. The Morgan fingerprint density at radius 2 is 1.96 bits per heavy atom. The van der Waals surface area contributed by atoms with Crippen LogP contribution in [0.1, 0.15) is 24.5 Å². The van der Waals surface area contributed by atoms with Crippen LogP contribution >= 0.6 is 0 Å². The molecule has 140 valence electrons. The Kier molecular flexibility index (Phi) is 6.98. The highest BCUT2D eigenvalue weighted by molar-refractivity contribution is 5.79. The molecule has 0 saturated heterocycles. The van der Waals surface area contributed by atoms with E-state index in [1.807, 2.05) is 22.9 Å². The molecule has 0 unspecified atom stereocenters. The zero-order chi connectivity index (χ0) is 18.7. The number of hydrogen-bond acceptors (Lipinski definition) is 3. The second kappa shape index (κ2) is 10.1. The van der Waals surface area contributed by atoms with Gasteiger partial charge in [-0.25, -0.2) is 15.0 Å². The lowest BCUT2D eigenvalue weighted by Gasteiger charge is -2.11. The molecule has 6 nitrogen and oxygen atoms in total. The third kappa shape index (κ3) is 5.95. The van der Waals surface area contributed by atoms with Gasteiger partial charge in [0.2, 0.25) is 0 Å². The molecule has 2 heterocycles. The van der Waals surface area contributed by atoms with E-state index in [9.17, 15) is 0 Å². The molecule has 3 aromatic rings. The van der Waals surface area contributed by atoms with Gasteiger partial charge in [-0.3, -0.25) is 4.57 Å². The van der Waals surface area contributed by atoms with Crippen molar-refractivity contribution >= 4 is 5.96 Å². The minimum Gasteiger partial charge on any atom is -0.357 e. The molecule has 1 aromatic carbocycles. The highest BCUT2D eigenvalue weighted by Crippen LogP contribution is 2.08. The normalized spacial score (nSPS) is 11.4. The summed E-state index contributed by atoms with van der Waals surface area (Å²) in [7, 11) is 0. The molecule has 0 fully saturated rings. The molecular weight excluding hydrogens is 336 g/mol. The summed E-state index contributed by atoms with van der Waals surface area (Å²) in [6.45, 7) is 4.39. The second-order valence-electron chi connectivity index (χ2n) is 6.20. The van der Waals surface area contributed by atoms with Crippen molar-refractivity contribution in [3.05, 3.63) is 78.5 Å². The minimum atomic E-state index is 0.595. The molecule has 3 rings (SSSR count). The van der Waals surface area contributed by atoms with Crippen LogP contribution in [0.15, 0.2) is 72.4 Å². The van der Waals surface area contributed by atoms with E-state index in [1.54, 1.807) is 18.7 Å². The summed E-state index contributed by atoms with van der Waals surface area (Å²) in [5.41, 5.74) is 2.47. The summed E-state index contributed by atoms with van der Waals surface area (Å²) in [4.78, 5) is 13.1. The van der Waals surface area contributed by atoms with E-state index in [1.165, 1.54) is 5.56 Å². The summed E-state index contributed by atoms with van der Waals surface area (Å²) in [5, 5.41) is 6.71. The average Bonchev–Trinajstić information content (AvgIpc) is 3.25. The Labute approximate surface area is 160 Å². The lowest BCUT2D eigenvalue weighted by molar-refractivity contribution is 0.743. The van der Waals surface area contributed by atoms with Gasteiger partial charge in [0, 0.05) is 31.7 Å². The van der Waals surface area contributed by atoms with E-state index in [2.05, 4.69) is 57.9 Å². The number of aromatic nitrogens is 3. The van der Waals surface area contributed by atoms with E-state index in [4.69, 9.17) is 4.99 Å². The number of nitrogens with one attached hydrogen (secondary N) is 2. The summed E-state index contributed by atoms with van der Waals surface area (Å²) in [5.74, 6) is 1.69. The fourth-order valence-corrected chi connectivity index (χ4v) is 2.75. The Morgan fingerprint density at radius 3 is 2.74 bits per heavy atom. The molecule has 0 aliphatic rings. The van der Waals surface area contributed by atoms with Crippen molar-refractivity contribution in [3.63, 3.8) is 0 Å². The number of guanidine groups is 1. The largest absolute Gasteiger partial charge is 0.357 e. The number of aryl methyl sites for hydroxylation is 1. The van der Waals surface area contributed by atoms with E-state index in [0.29, 0.717) is 6.54 Å². The number of nitrogens with zero attached hydrogens (tertiary/aromatic N) is 4. The van der Waals surface area contributed by atoms with Gasteiger partial charge in [-0.05, 0) is 43.0 Å². The standard InChI is InChI=1S/C21H26N6/c1-2-23-21(25-11-6-9-18-7-4-3-5-8-18)26-16-19-10-12-24-20(15-19)27-14-13-22-17-27/h3-5,7-8,10,12-15,17H,2,6,9,11,16H2,1H3,(H2,23,25,26). The molecule has 6 heteroatoms. The number of hydrogen-bond donors (Lipinski definition) is 2. The van der Waals surface area contributed by atoms with Gasteiger partial charge in [-0.2, -0.15) is 0 Å². The minimum absolute atomic E-state index is 0.595. The van der Waals surface area contributed by atoms with Gasteiger partial charge < -0.3 is 10.6 Å². The predicted octanol–water partition coefficient (Wildman–Crippen LogP) is 2.96. The van der Waals surface area contributed by atoms with Gasteiger partial charge >= 0.3 is 0 Å². The van der Waals surface area contributed by atoms with Crippen molar-refractivity contribution in [2.24, 2.45) is 4.99 Å². The second-order valence-corrected chi connectivity index (χ2v) is 6.20. The summed E-state index contributed by atoms with van der Waals surface area (Å²) >= 11 is 0. The zero-order valence-electron chi connectivity index (χ0n) is 15.7. The van der Waals surface area contributed by atoms with Crippen molar-refractivity contribution in [2.75, 3.05) is 13.1 Å². The first-order valence-corrected chi connectivity index (χ1v) is 9.34. The number of rotatable bonds is 8. The van der Waals surface area contributed by atoms with Crippen molar-refractivity contribution < 1.29 is 0 Å². The van der Waals surface area contributed by atoms with Crippen LogP contribution in [0.25, 0.3) is 5.82 Å². The highest BCUT2D eigenvalue weighted by atomic mass is 15.2. The fourth-order valence-electron chi connectivity index (χ4n) is 2.75. The molecule has 0 aliphatic carbocycles. The first-order valence-electron chi connectivity index (χ1n) is 9.34. The summed E-state index contributed by atoms with van der Waals surface area (Å²) in [6, 6.07) is 14.6. The van der Waals surface area contributed by atoms with Gasteiger partial charge in [-0.1, -0.05) is 30.3 Å². The molecule has 2 aromatic heterocycles. The van der Waals surface area contributed by atoms with Crippen LogP contribution in [0, 0.1) is 0 Å². The van der Waals surface area contributed by atoms with E-state index < -0.39 is 0 Å². The van der Waals surface area contributed by atoms with E-state index in [-0.39, 0.29) is 0 Å². The van der Waals surface area contributed by atoms with Crippen LogP contribution in [0.4, 0.5) is 0 Å². The summed E-state index contributed by atoms with van der Waals surface area (Å²) < 4.78 is 1.89. The van der Waals surface area contributed by atoms with Crippen molar-refractivity contribution in [2.45, 2.75) is 26.3 Å². The maximum atomic E-state index is 4.69. The van der Waals surface area contributed by atoms with Crippen molar-refractivity contribution in [1.29, 1.82) is 0 Å². The molecule has 2 N–H and O–H groups in total. The maximum absolute atomic E-state index is 4.69. The Bertz CT molecular complexity index is 827.